The molecule has 1 saturated carbocycles. The molecule has 7 heteroatoms. The first-order chi connectivity index (χ1) is 13.5. The minimum Gasteiger partial charge on any atom is -0.443 e. The lowest BCUT2D eigenvalue weighted by molar-refractivity contribution is -0.0164. The summed E-state index contributed by atoms with van der Waals surface area (Å²) in [5, 5.41) is 0. The van der Waals surface area contributed by atoms with Crippen molar-refractivity contribution >= 4 is 6.09 Å². The number of amides is 1. The molecule has 2 fully saturated rings. The quantitative estimate of drug-likeness (QED) is 0.792. The summed E-state index contributed by atoms with van der Waals surface area (Å²) in [5.41, 5.74) is 7.57. The Morgan fingerprint density at radius 3 is 2.54 bits per heavy atom. The molecule has 3 rings (SSSR count). The molecule has 0 unspecified atom stereocenters. The van der Waals surface area contributed by atoms with Gasteiger partial charge in [-0.3, -0.25) is 4.90 Å². The van der Waals surface area contributed by atoms with E-state index in [-0.39, 0.29) is 24.2 Å². The summed E-state index contributed by atoms with van der Waals surface area (Å²) < 4.78 is 35.5. The molecule has 5 nitrogen and oxygen atoms in total. The van der Waals surface area contributed by atoms with Gasteiger partial charge in [0, 0.05) is 12.1 Å². The minimum atomic E-state index is -2.68. The summed E-state index contributed by atoms with van der Waals surface area (Å²) in [6, 6.07) is 9.79. The van der Waals surface area contributed by atoms with Gasteiger partial charge in [-0.15, -0.1) is 0 Å². The Morgan fingerprint density at radius 1 is 1.21 bits per heavy atom. The predicted molar refractivity (Wildman–Crippen MR) is 102 cm³/mol. The molecule has 156 valence electrons. The van der Waals surface area contributed by atoms with E-state index >= 15 is 0 Å². The monoisotopic (exact) mass is 396 g/mol. The molecule has 1 saturated heterocycles. The number of nitrogens with zero attached hydrogens (tertiary/aromatic N) is 1. The molecule has 1 aliphatic carbocycles. The number of benzene rings is 1. The number of hydrogen-bond donors (Lipinski definition) is 1. The molecule has 28 heavy (non-hydrogen) atoms. The molecular weight excluding hydrogens is 366 g/mol. The van der Waals surface area contributed by atoms with Gasteiger partial charge in [-0.2, -0.15) is 0 Å². The van der Waals surface area contributed by atoms with Crippen molar-refractivity contribution in [2.75, 3.05) is 13.2 Å². The Balaban J connectivity index is 1.49. The van der Waals surface area contributed by atoms with Gasteiger partial charge in [0.25, 0.3) is 6.43 Å². The maximum atomic E-state index is 12.4. The molecule has 0 bridgehead atoms. The molecule has 2 N–H and O–H groups in total. The summed E-state index contributed by atoms with van der Waals surface area (Å²) in [7, 11) is 0. The number of nitrogens with two attached hydrogens (primary N) is 1. The van der Waals surface area contributed by atoms with Gasteiger partial charge in [0.15, 0.2) is 6.61 Å². The molecule has 1 heterocycles. The largest absolute Gasteiger partial charge is 0.443 e. The molecular formula is C21H30F2N2O3. The van der Waals surface area contributed by atoms with E-state index in [2.05, 4.69) is 24.3 Å². The second-order valence-electron chi connectivity index (χ2n) is 7.91. The number of likely N-dealkylation sites (tertiary alicyclic amines) is 1. The Bertz CT molecular complexity index is 623. The van der Waals surface area contributed by atoms with Crippen LogP contribution in [-0.2, 0) is 9.47 Å². The van der Waals surface area contributed by atoms with Crippen LogP contribution in [0.2, 0.25) is 0 Å². The van der Waals surface area contributed by atoms with E-state index in [1.807, 2.05) is 13.0 Å². The van der Waals surface area contributed by atoms with Crippen molar-refractivity contribution in [3.8, 4) is 0 Å². The molecule has 3 atom stereocenters. The molecule has 0 spiro atoms. The maximum absolute atomic E-state index is 12.4. The number of ether oxygens (including phenoxy) is 2. The first-order valence-electron chi connectivity index (χ1n) is 10.1. The van der Waals surface area contributed by atoms with Crippen molar-refractivity contribution in [1.82, 2.24) is 4.90 Å². The standard InChI is InChI=1S/C21H30F2N2O3/c1-14-11-18(24)19(25(14)21(26)28-13-20(22)23)12-27-17-9-7-16(8-10-17)15-5-3-2-4-6-15/h2-6,14,16-20H,7-13,24H2,1H3/t14-,16?,17?,18+,19+/m1/s1. The highest BCUT2D eigenvalue weighted by atomic mass is 19.3. The van der Waals surface area contributed by atoms with Gasteiger partial charge < -0.3 is 15.2 Å². The fourth-order valence-electron chi connectivity index (χ4n) is 4.45. The van der Waals surface area contributed by atoms with E-state index in [9.17, 15) is 13.6 Å². The van der Waals surface area contributed by atoms with Crippen LogP contribution in [0.3, 0.4) is 0 Å². The van der Waals surface area contributed by atoms with Crippen LogP contribution in [0.5, 0.6) is 0 Å². The van der Waals surface area contributed by atoms with Crippen LogP contribution < -0.4 is 5.73 Å². The molecule has 1 aromatic rings. The fraction of sp³-hybridized carbons (Fsp3) is 0.667. The minimum absolute atomic E-state index is 0.141. The second-order valence-corrected chi connectivity index (χ2v) is 7.91. The van der Waals surface area contributed by atoms with E-state index < -0.39 is 19.1 Å². The normalized spacial score (nSPS) is 30.6. The van der Waals surface area contributed by atoms with Crippen LogP contribution in [0, 0.1) is 0 Å². The van der Waals surface area contributed by atoms with Gasteiger partial charge in [0.05, 0.1) is 18.8 Å². The molecule has 2 aliphatic rings. The highest BCUT2D eigenvalue weighted by Crippen LogP contribution is 2.34. The fourth-order valence-corrected chi connectivity index (χ4v) is 4.45. The van der Waals surface area contributed by atoms with E-state index in [1.54, 1.807) is 0 Å². The van der Waals surface area contributed by atoms with Gasteiger partial charge in [0.1, 0.15) is 0 Å². The SMILES string of the molecule is C[C@@H]1C[C@H](N)[C@H](COC2CCC(c3ccccc3)CC2)N1C(=O)OCC(F)F. The first kappa shape index (κ1) is 21.0. The van der Waals surface area contributed by atoms with Gasteiger partial charge in [-0.25, -0.2) is 13.6 Å². The summed E-state index contributed by atoms with van der Waals surface area (Å²) in [6.07, 6.45) is 1.41. The van der Waals surface area contributed by atoms with E-state index in [0.29, 0.717) is 18.9 Å². The third kappa shape index (κ3) is 5.20. The molecule has 1 amide bonds. The van der Waals surface area contributed by atoms with Gasteiger partial charge in [-0.05, 0) is 50.5 Å². The third-order valence-corrected chi connectivity index (χ3v) is 5.93. The van der Waals surface area contributed by atoms with Crippen molar-refractivity contribution in [2.45, 2.75) is 75.6 Å². The second kappa shape index (κ2) is 9.65. The van der Waals surface area contributed by atoms with Crippen molar-refractivity contribution < 1.29 is 23.0 Å². The summed E-state index contributed by atoms with van der Waals surface area (Å²) in [6.45, 7) is 1.28. The molecule has 1 aliphatic heterocycles. The highest BCUT2D eigenvalue weighted by molar-refractivity contribution is 5.69. The van der Waals surface area contributed by atoms with E-state index in [4.69, 9.17) is 15.2 Å². The van der Waals surface area contributed by atoms with Crippen LogP contribution in [0.4, 0.5) is 13.6 Å². The average molecular weight is 396 g/mol. The summed E-state index contributed by atoms with van der Waals surface area (Å²) in [4.78, 5) is 13.7. The van der Waals surface area contributed by atoms with Crippen LogP contribution >= 0.6 is 0 Å². The van der Waals surface area contributed by atoms with E-state index in [1.165, 1.54) is 10.5 Å². The molecule has 0 aromatic heterocycles. The Labute approximate surface area is 165 Å². The number of alkyl halides is 2. The number of carbonyl (C=O) groups is 1. The first-order valence-corrected chi connectivity index (χ1v) is 10.1. The van der Waals surface area contributed by atoms with Crippen LogP contribution in [0.1, 0.15) is 50.5 Å². The van der Waals surface area contributed by atoms with Gasteiger partial charge >= 0.3 is 6.09 Å². The smallest absolute Gasteiger partial charge is 0.410 e. The maximum Gasteiger partial charge on any atom is 0.410 e. The van der Waals surface area contributed by atoms with Crippen molar-refractivity contribution in [3.05, 3.63) is 35.9 Å². The lowest BCUT2D eigenvalue weighted by Gasteiger charge is -2.32. The summed E-state index contributed by atoms with van der Waals surface area (Å²) >= 11 is 0. The zero-order chi connectivity index (χ0) is 20.1. The van der Waals surface area contributed by atoms with Crippen molar-refractivity contribution in [2.24, 2.45) is 5.73 Å². The molecule has 1 aromatic carbocycles. The predicted octanol–water partition coefficient (Wildman–Crippen LogP) is 3.92. The topological polar surface area (TPSA) is 64.8 Å². The van der Waals surface area contributed by atoms with Crippen LogP contribution in [0.25, 0.3) is 0 Å². The number of carbonyl (C=O) groups excluding carboxylic acids is 1. The average Bonchev–Trinajstić information content (AvgIpc) is 2.98. The Kier molecular flexibility index (Phi) is 7.24. The Morgan fingerprint density at radius 2 is 1.89 bits per heavy atom. The number of hydrogen-bond acceptors (Lipinski definition) is 4. The van der Waals surface area contributed by atoms with Crippen LogP contribution in [0.15, 0.2) is 30.3 Å². The van der Waals surface area contributed by atoms with Crippen molar-refractivity contribution in [3.63, 3.8) is 0 Å². The lowest BCUT2D eigenvalue weighted by atomic mass is 9.83. The number of halogens is 2. The van der Waals surface area contributed by atoms with Crippen LogP contribution in [-0.4, -0.2) is 54.9 Å². The van der Waals surface area contributed by atoms with Gasteiger partial charge in [0.2, 0.25) is 0 Å². The zero-order valence-corrected chi connectivity index (χ0v) is 16.3. The lowest BCUT2D eigenvalue weighted by Crippen LogP contribution is -2.48. The third-order valence-electron chi connectivity index (χ3n) is 5.93. The van der Waals surface area contributed by atoms with E-state index in [0.717, 1.165) is 25.7 Å². The van der Waals surface area contributed by atoms with Gasteiger partial charge in [-0.1, -0.05) is 30.3 Å². The Hall–Kier alpha value is -1.73. The highest BCUT2D eigenvalue weighted by Gasteiger charge is 2.41. The summed E-state index contributed by atoms with van der Waals surface area (Å²) in [5.74, 6) is 0.565. The zero-order valence-electron chi connectivity index (χ0n) is 16.3. The number of rotatable bonds is 6. The molecule has 0 radical (unpaired) electrons. The van der Waals surface area contributed by atoms with Crippen molar-refractivity contribution in [1.29, 1.82) is 0 Å².